The fourth-order valence-corrected chi connectivity index (χ4v) is 3.43. The molecule has 0 aromatic carbocycles. The largest absolute Gasteiger partial charge is 0.362 e. The Hall–Kier alpha value is -3.35. The first-order valence-corrected chi connectivity index (χ1v) is 9.21. The monoisotopic (exact) mass is 374 g/mol. The van der Waals surface area contributed by atoms with Crippen LogP contribution in [0.1, 0.15) is 27.2 Å². The standard InChI is InChI=1S/C21H22N6O/c1-14-9-16(12-23-10-14)21(28)27-8-6-17-18(13-27)24-19(25-20(17)26(2)3)15-5-4-7-22-11-15/h4-5,7,9-12H,6,8,13H2,1-3H3. The van der Waals surface area contributed by atoms with Gasteiger partial charge >= 0.3 is 0 Å². The van der Waals surface area contributed by atoms with Crippen LogP contribution in [0.4, 0.5) is 5.82 Å². The van der Waals surface area contributed by atoms with Gasteiger partial charge in [-0.1, -0.05) is 0 Å². The molecule has 0 bridgehead atoms. The van der Waals surface area contributed by atoms with Gasteiger partial charge in [0.05, 0.1) is 17.8 Å². The molecule has 0 fully saturated rings. The zero-order valence-corrected chi connectivity index (χ0v) is 16.3. The number of amides is 1. The van der Waals surface area contributed by atoms with Gasteiger partial charge in [-0.3, -0.25) is 14.8 Å². The smallest absolute Gasteiger partial charge is 0.255 e. The minimum atomic E-state index is -0.0187. The second-order valence-electron chi connectivity index (χ2n) is 7.16. The summed E-state index contributed by atoms with van der Waals surface area (Å²) in [7, 11) is 3.96. The molecule has 0 radical (unpaired) electrons. The molecule has 0 atom stereocenters. The summed E-state index contributed by atoms with van der Waals surface area (Å²) in [5.74, 6) is 1.50. The molecule has 0 saturated heterocycles. The summed E-state index contributed by atoms with van der Waals surface area (Å²) >= 11 is 0. The lowest BCUT2D eigenvalue weighted by Crippen LogP contribution is -2.37. The zero-order valence-electron chi connectivity index (χ0n) is 16.3. The molecule has 4 heterocycles. The van der Waals surface area contributed by atoms with E-state index >= 15 is 0 Å². The lowest BCUT2D eigenvalue weighted by atomic mass is 10.0. The molecule has 4 rings (SSSR count). The normalized spacial score (nSPS) is 13.2. The number of anilines is 1. The van der Waals surface area contributed by atoms with Crippen LogP contribution in [0, 0.1) is 6.92 Å². The molecule has 3 aromatic heterocycles. The molecule has 0 aliphatic carbocycles. The number of fused-ring (bicyclic) bond motifs is 1. The molecule has 7 heteroatoms. The highest BCUT2D eigenvalue weighted by atomic mass is 16.2. The van der Waals surface area contributed by atoms with Gasteiger partial charge in [0.1, 0.15) is 5.82 Å². The van der Waals surface area contributed by atoms with E-state index in [0.29, 0.717) is 24.5 Å². The van der Waals surface area contributed by atoms with Gasteiger partial charge in [-0.15, -0.1) is 0 Å². The average molecular weight is 374 g/mol. The Morgan fingerprint density at radius 3 is 2.71 bits per heavy atom. The fourth-order valence-electron chi connectivity index (χ4n) is 3.43. The number of nitrogens with zero attached hydrogens (tertiary/aromatic N) is 6. The molecule has 1 aliphatic heterocycles. The first kappa shape index (κ1) is 18.0. The molecular weight excluding hydrogens is 352 g/mol. The maximum Gasteiger partial charge on any atom is 0.255 e. The number of rotatable bonds is 3. The first-order chi connectivity index (χ1) is 13.5. The predicted octanol–water partition coefficient (Wildman–Crippen LogP) is 2.51. The summed E-state index contributed by atoms with van der Waals surface area (Å²) in [6.07, 6.45) is 7.58. The minimum Gasteiger partial charge on any atom is -0.362 e. The number of aromatic nitrogens is 4. The van der Waals surface area contributed by atoms with E-state index < -0.39 is 0 Å². The molecule has 142 valence electrons. The van der Waals surface area contributed by atoms with Crippen LogP contribution in [-0.4, -0.2) is 51.4 Å². The van der Waals surface area contributed by atoms with E-state index in [2.05, 4.69) is 9.97 Å². The highest BCUT2D eigenvalue weighted by Gasteiger charge is 2.27. The summed E-state index contributed by atoms with van der Waals surface area (Å²) in [4.78, 5) is 34.7. The van der Waals surface area contributed by atoms with Gasteiger partial charge in [-0.25, -0.2) is 9.97 Å². The van der Waals surface area contributed by atoms with Gasteiger partial charge in [0, 0.05) is 56.6 Å². The van der Waals surface area contributed by atoms with Gasteiger partial charge in [0.2, 0.25) is 0 Å². The number of carbonyl (C=O) groups excluding carboxylic acids is 1. The highest BCUT2D eigenvalue weighted by molar-refractivity contribution is 5.94. The van der Waals surface area contributed by atoms with Crippen LogP contribution in [0.3, 0.4) is 0 Å². The first-order valence-electron chi connectivity index (χ1n) is 9.21. The maximum absolute atomic E-state index is 13.0. The summed E-state index contributed by atoms with van der Waals surface area (Å²) in [5, 5.41) is 0. The van der Waals surface area contributed by atoms with Crippen molar-refractivity contribution in [3.05, 3.63) is 65.4 Å². The Bertz CT molecular complexity index is 1020. The Labute approximate surface area is 164 Å². The highest BCUT2D eigenvalue weighted by Crippen LogP contribution is 2.29. The third-order valence-electron chi connectivity index (χ3n) is 4.80. The third-order valence-corrected chi connectivity index (χ3v) is 4.80. The molecular formula is C21H22N6O. The Balaban J connectivity index is 1.71. The van der Waals surface area contributed by atoms with Crippen molar-refractivity contribution in [2.75, 3.05) is 25.5 Å². The molecule has 3 aromatic rings. The average Bonchev–Trinajstić information content (AvgIpc) is 2.72. The number of hydrogen-bond donors (Lipinski definition) is 0. The van der Waals surface area contributed by atoms with Crippen LogP contribution in [0.25, 0.3) is 11.4 Å². The van der Waals surface area contributed by atoms with Gasteiger partial charge in [0.15, 0.2) is 5.82 Å². The lowest BCUT2D eigenvalue weighted by molar-refractivity contribution is 0.0731. The van der Waals surface area contributed by atoms with Crippen LogP contribution in [-0.2, 0) is 13.0 Å². The van der Waals surface area contributed by atoms with E-state index in [-0.39, 0.29) is 5.91 Å². The topological polar surface area (TPSA) is 75.1 Å². The maximum atomic E-state index is 13.0. The second kappa shape index (κ2) is 7.34. The molecule has 0 spiro atoms. The van der Waals surface area contributed by atoms with Crippen LogP contribution < -0.4 is 4.90 Å². The fraction of sp³-hybridized carbons (Fsp3) is 0.286. The summed E-state index contributed by atoms with van der Waals surface area (Å²) in [6.45, 7) is 3.03. The van der Waals surface area contributed by atoms with Crippen molar-refractivity contribution in [1.82, 2.24) is 24.8 Å². The van der Waals surface area contributed by atoms with Crippen molar-refractivity contribution in [2.45, 2.75) is 19.9 Å². The van der Waals surface area contributed by atoms with E-state index in [0.717, 1.165) is 34.6 Å². The van der Waals surface area contributed by atoms with Gasteiger partial charge in [-0.2, -0.15) is 0 Å². The second-order valence-corrected chi connectivity index (χ2v) is 7.16. The molecule has 0 unspecified atom stereocenters. The van der Waals surface area contributed by atoms with Crippen LogP contribution in [0.5, 0.6) is 0 Å². The zero-order chi connectivity index (χ0) is 19.7. The minimum absolute atomic E-state index is 0.0187. The summed E-state index contributed by atoms with van der Waals surface area (Å²) in [6, 6.07) is 5.68. The molecule has 28 heavy (non-hydrogen) atoms. The number of pyridine rings is 2. The van der Waals surface area contributed by atoms with Gasteiger partial charge in [0.25, 0.3) is 5.91 Å². The summed E-state index contributed by atoms with van der Waals surface area (Å²) in [5.41, 5.74) is 4.43. The molecule has 7 nitrogen and oxygen atoms in total. The van der Waals surface area contributed by atoms with Crippen molar-refractivity contribution in [3.8, 4) is 11.4 Å². The van der Waals surface area contributed by atoms with Crippen molar-refractivity contribution in [3.63, 3.8) is 0 Å². The SMILES string of the molecule is Cc1cncc(C(=O)N2CCc3c(nc(-c4cccnc4)nc3N(C)C)C2)c1. The van der Waals surface area contributed by atoms with E-state index in [1.54, 1.807) is 24.8 Å². The van der Waals surface area contributed by atoms with E-state index in [1.165, 1.54) is 0 Å². The summed E-state index contributed by atoms with van der Waals surface area (Å²) < 4.78 is 0. The van der Waals surface area contributed by atoms with Crippen LogP contribution in [0.2, 0.25) is 0 Å². The van der Waals surface area contributed by atoms with Crippen LogP contribution >= 0.6 is 0 Å². The third kappa shape index (κ3) is 3.43. The lowest BCUT2D eigenvalue weighted by Gasteiger charge is -2.30. The van der Waals surface area contributed by atoms with Crippen molar-refractivity contribution in [1.29, 1.82) is 0 Å². The predicted molar refractivity (Wildman–Crippen MR) is 107 cm³/mol. The molecule has 0 saturated carbocycles. The number of aryl methyl sites for hydroxylation is 1. The molecule has 1 amide bonds. The van der Waals surface area contributed by atoms with Gasteiger partial charge in [-0.05, 0) is 37.1 Å². The quantitative estimate of drug-likeness (QED) is 0.701. The molecule has 0 N–H and O–H groups in total. The number of carbonyl (C=O) groups is 1. The van der Waals surface area contributed by atoms with Gasteiger partial charge < -0.3 is 9.80 Å². The molecule has 1 aliphatic rings. The Morgan fingerprint density at radius 2 is 2.00 bits per heavy atom. The van der Waals surface area contributed by atoms with E-state index in [1.807, 2.05) is 49.0 Å². The van der Waals surface area contributed by atoms with Crippen molar-refractivity contribution < 1.29 is 4.79 Å². The Morgan fingerprint density at radius 1 is 1.14 bits per heavy atom. The Kier molecular flexibility index (Phi) is 4.73. The van der Waals surface area contributed by atoms with Crippen molar-refractivity contribution >= 4 is 11.7 Å². The van der Waals surface area contributed by atoms with Crippen LogP contribution in [0.15, 0.2) is 43.0 Å². The van der Waals surface area contributed by atoms with Crippen molar-refractivity contribution in [2.24, 2.45) is 0 Å². The number of hydrogen-bond acceptors (Lipinski definition) is 6. The van der Waals surface area contributed by atoms with E-state index in [4.69, 9.17) is 9.97 Å². The van der Waals surface area contributed by atoms with E-state index in [9.17, 15) is 4.79 Å².